The van der Waals surface area contributed by atoms with Crippen LogP contribution in [0.25, 0.3) is 0 Å². The Labute approximate surface area is 115 Å². The molecule has 2 amide bonds. The summed E-state index contributed by atoms with van der Waals surface area (Å²) < 4.78 is 22.5. The molecule has 0 fully saturated rings. The summed E-state index contributed by atoms with van der Waals surface area (Å²) in [6, 6.07) is 4.45. The predicted molar refractivity (Wildman–Crippen MR) is 73.0 cm³/mol. The molecule has 1 unspecified atom stereocenters. The van der Waals surface area contributed by atoms with Crippen LogP contribution in [-0.2, 0) is 21.1 Å². The van der Waals surface area contributed by atoms with Crippen LogP contribution < -0.4 is 10.6 Å². The molecule has 0 aliphatic carbocycles. The largest absolute Gasteiger partial charge is 0.345 e. The molecule has 3 rings (SSSR count). The SMILES string of the molecule is O=C1Cc2ccc(C(=O)NC3C=CS(=O)(=O)C3)cc2N1. The number of rotatable bonds is 2. The molecule has 1 aromatic carbocycles. The minimum atomic E-state index is -3.19. The third kappa shape index (κ3) is 2.44. The molecule has 1 aromatic rings. The lowest BCUT2D eigenvalue weighted by atomic mass is 10.1. The zero-order valence-electron chi connectivity index (χ0n) is 10.4. The molecule has 7 heteroatoms. The molecule has 6 nitrogen and oxygen atoms in total. The fraction of sp³-hybridized carbons (Fsp3) is 0.231. The average Bonchev–Trinajstić information content (AvgIpc) is 2.89. The molecule has 0 spiro atoms. The Morgan fingerprint density at radius 2 is 2.15 bits per heavy atom. The highest BCUT2D eigenvalue weighted by Gasteiger charge is 2.24. The van der Waals surface area contributed by atoms with E-state index in [0.717, 1.165) is 11.0 Å². The van der Waals surface area contributed by atoms with Crippen molar-refractivity contribution in [1.29, 1.82) is 0 Å². The molecule has 20 heavy (non-hydrogen) atoms. The minimum absolute atomic E-state index is 0.0950. The van der Waals surface area contributed by atoms with Gasteiger partial charge in [0.25, 0.3) is 5.91 Å². The standard InChI is InChI=1S/C13H12N2O4S/c16-12-6-8-1-2-9(5-11(8)15-12)13(17)14-10-3-4-20(18,19)7-10/h1-5,10H,6-7H2,(H,14,17)(H,15,16). The highest BCUT2D eigenvalue weighted by atomic mass is 32.2. The fourth-order valence-electron chi connectivity index (χ4n) is 2.27. The van der Waals surface area contributed by atoms with E-state index in [1.807, 2.05) is 0 Å². The molecule has 2 N–H and O–H groups in total. The molecular formula is C13H12N2O4S. The molecule has 2 aliphatic rings. The second-order valence-corrected chi connectivity index (χ2v) is 6.77. The summed E-state index contributed by atoms with van der Waals surface area (Å²) in [5.41, 5.74) is 1.88. The number of benzene rings is 1. The molecule has 104 valence electrons. The van der Waals surface area contributed by atoms with Crippen LogP contribution in [0.5, 0.6) is 0 Å². The molecule has 0 saturated heterocycles. The number of nitrogens with one attached hydrogen (secondary N) is 2. The Morgan fingerprint density at radius 3 is 2.85 bits per heavy atom. The van der Waals surface area contributed by atoms with Gasteiger partial charge >= 0.3 is 0 Å². The Bertz CT molecular complexity index is 737. The number of carbonyl (C=O) groups excluding carboxylic acids is 2. The second kappa shape index (κ2) is 4.45. The van der Waals surface area contributed by atoms with Crippen LogP contribution in [0.1, 0.15) is 15.9 Å². The molecule has 0 bridgehead atoms. The van der Waals surface area contributed by atoms with E-state index in [0.29, 0.717) is 17.7 Å². The maximum absolute atomic E-state index is 12.0. The number of hydrogen-bond acceptors (Lipinski definition) is 4. The van der Waals surface area contributed by atoms with Crippen molar-refractivity contribution in [2.24, 2.45) is 0 Å². The van der Waals surface area contributed by atoms with Gasteiger partial charge in [0.05, 0.1) is 18.2 Å². The third-order valence-electron chi connectivity index (χ3n) is 3.24. The van der Waals surface area contributed by atoms with E-state index >= 15 is 0 Å². The highest BCUT2D eigenvalue weighted by molar-refractivity contribution is 7.94. The quantitative estimate of drug-likeness (QED) is 0.815. The first-order valence-electron chi connectivity index (χ1n) is 6.07. The second-order valence-electron chi connectivity index (χ2n) is 4.83. The minimum Gasteiger partial charge on any atom is -0.345 e. The smallest absolute Gasteiger partial charge is 0.251 e. The summed E-state index contributed by atoms with van der Waals surface area (Å²) >= 11 is 0. The Kier molecular flexibility index (Phi) is 2.86. The van der Waals surface area contributed by atoms with Crippen molar-refractivity contribution in [3.63, 3.8) is 0 Å². The van der Waals surface area contributed by atoms with E-state index in [4.69, 9.17) is 0 Å². The van der Waals surface area contributed by atoms with Gasteiger partial charge in [0.1, 0.15) is 0 Å². The molecule has 0 aromatic heterocycles. The van der Waals surface area contributed by atoms with E-state index in [-0.39, 0.29) is 17.6 Å². The van der Waals surface area contributed by atoms with E-state index in [2.05, 4.69) is 10.6 Å². The normalized spacial score (nSPS) is 22.4. The molecule has 0 saturated carbocycles. The summed E-state index contributed by atoms with van der Waals surface area (Å²) in [5.74, 6) is -0.566. The average molecular weight is 292 g/mol. The van der Waals surface area contributed by atoms with Crippen LogP contribution in [0.15, 0.2) is 29.7 Å². The Balaban J connectivity index is 1.74. The zero-order valence-corrected chi connectivity index (χ0v) is 11.2. The monoisotopic (exact) mass is 292 g/mol. The van der Waals surface area contributed by atoms with Gasteiger partial charge in [-0.2, -0.15) is 0 Å². The van der Waals surface area contributed by atoms with E-state index in [1.54, 1.807) is 18.2 Å². The number of anilines is 1. The lowest BCUT2D eigenvalue weighted by Crippen LogP contribution is -2.35. The van der Waals surface area contributed by atoms with Crippen molar-refractivity contribution in [3.05, 3.63) is 40.8 Å². The lowest BCUT2D eigenvalue weighted by Gasteiger charge is -2.10. The summed E-state index contributed by atoms with van der Waals surface area (Å²) in [6.45, 7) is 0. The highest BCUT2D eigenvalue weighted by Crippen LogP contribution is 2.24. The Hall–Kier alpha value is -2.15. The van der Waals surface area contributed by atoms with E-state index in [1.165, 1.54) is 6.08 Å². The van der Waals surface area contributed by atoms with Crippen molar-refractivity contribution >= 4 is 27.3 Å². The third-order valence-corrected chi connectivity index (χ3v) is 4.64. The summed E-state index contributed by atoms with van der Waals surface area (Å²) in [6.07, 6.45) is 1.78. The van der Waals surface area contributed by atoms with Gasteiger partial charge in [0.2, 0.25) is 5.91 Å². The molecule has 2 heterocycles. The zero-order chi connectivity index (χ0) is 14.3. The van der Waals surface area contributed by atoms with Gasteiger partial charge in [-0.15, -0.1) is 0 Å². The first-order chi connectivity index (χ1) is 9.43. The number of amides is 2. The van der Waals surface area contributed by atoms with Gasteiger partial charge in [-0.3, -0.25) is 9.59 Å². The summed E-state index contributed by atoms with van der Waals surface area (Å²) in [5, 5.41) is 6.42. The maximum atomic E-state index is 12.0. The van der Waals surface area contributed by atoms with Crippen LogP contribution in [0.4, 0.5) is 5.69 Å². The first-order valence-corrected chi connectivity index (χ1v) is 7.79. The van der Waals surface area contributed by atoms with Gasteiger partial charge in [0.15, 0.2) is 9.84 Å². The van der Waals surface area contributed by atoms with Crippen LogP contribution in [0, 0.1) is 0 Å². The van der Waals surface area contributed by atoms with Gasteiger partial charge in [0, 0.05) is 16.7 Å². The van der Waals surface area contributed by atoms with E-state index < -0.39 is 15.9 Å². The van der Waals surface area contributed by atoms with Crippen molar-refractivity contribution in [1.82, 2.24) is 5.32 Å². The number of hydrogen-bond donors (Lipinski definition) is 2. The maximum Gasteiger partial charge on any atom is 0.251 e. The van der Waals surface area contributed by atoms with Gasteiger partial charge in [-0.1, -0.05) is 6.07 Å². The van der Waals surface area contributed by atoms with Gasteiger partial charge in [-0.25, -0.2) is 8.42 Å². The summed E-state index contributed by atoms with van der Waals surface area (Å²) in [7, 11) is -3.19. The van der Waals surface area contributed by atoms with Crippen molar-refractivity contribution in [2.45, 2.75) is 12.5 Å². The Morgan fingerprint density at radius 1 is 1.35 bits per heavy atom. The van der Waals surface area contributed by atoms with Crippen LogP contribution in [0.2, 0.25) is 0 Å². The molecule has 2 aliphatic heterocycles. The van der Waals surface area contributed by atoms with Gasteiger partial charge < -0.3 is 10.6 Å². The number of sulfone groups is 1. The predicted octanol–water partition coefficient (Wildman–Crippen LogP) is 0.222. The number of fused-ring (bicyclic) bond motifs is 1. The van der Waals surface area contributed by atoms with Crippen LogP contribution >= 0.6 is 0 Å². The number of carbonyl (C=O) groups is 2. The fourth-order valence-corrected chi connectivity index (χ4v) is 3.51. The first kappa shape index (κ1) is 12.9. The van der Waals surface area contributed by atoms with Crippen molar-refractivity contribution in [3.8, 4) is 0 Å². The molecule has 0 radical (unpaired) electrons. The molecular weight excluding hydrogens is 280 g/mol. The van der Waals surface area contributed by atoms with Crippen LogP contribution in [-0.4, -0.2) is 32.0 Å². The summed E-state index contributed by atoms with van der Waals surface area (Å²) in [4.78, 5) is 23.3. The van der Waals surface area contributed by atoms with E-state index in [9.17, 15) is 18.0 Å². The topological polar surface area (TPSA) is 92.3 Å². The van der Waals surface area contributed by atoms with Crippen LogP contribution in [0.3, 0.4) is 0 Å². The molecule has 1 atom stereocenters. The van der Waals surface area contributed by atoms with Crippen molar-refractivity contribution in [2.75, 3.05) is 11.1 Å². The van der Waals surface area contributed by atoms with Crippen molar-refractivity contribution < 1.29 is 18.0 Å². The lowest BCUT2D eigenvalue weighted by molar-refractivity contribution is -0.115. The van der Waals surface area contributed by atoms with Gasteiger partial charge in [-0.05, 0) is 23.8 Å².